The first kappa shape index (κ1) is 32.1. The Labute approximate surface area is 317 Å². The van der Waals surface area contributed by atoms with Crippen LogP contribution in [0.4, 0.5) is 0 Å². The highest BCUT2D eigenvalue weighted by Crippen LogP contribution is 2.38. The minimum absolute atomic E-state index is 0.604. The van der Waals surface area contributed by atoms with Gasteiger partial charge in [0.2, 0.25) is 0 Å². The number of rotatable bonds is 7. The van der Waals surface area contributed by atoms with Crippen LogP contribution >= 0.6 is 0 Å². The standard InChI is InChI=1S/C49H31N5O/c1-5-14-32(15-6-1)33-24-26-34(27-25-33)43-45-44(51-46(50-43)35-16-7-2-8-17-35)41-31-39(28-29-42(41)55-45)38-22-13-23-40(30-38)49-53-47(36-18-9-3-10-19-36)52-48(54-49)37-20-11-4-12-21-37/h1-31H. The van der Waals surface area contributed by atoms with Crippen LogP contribution in [0.2, 0.25) is 0 Å². The zero-order chi connectivity index (χ0) is 36.6. The number of benzene rings is 7. The molecule has 3 aromatic heterocycles. The molecule has 55 heavy (non-hydrogen) atoms. The lowest BCUT2D eigenvalue weighted by atomic mass is 10.0. The largest absolute Gasteiger partial charge is 0.452 e. The Morgan fingerprint density at radius 1 is 0.291 bits per heavy atom. The Morgan fingerprint density at radius 3 is 1.29 bits per heavy atom. The first-order valence-corrected chi connectivity index (χ1v) is 18.2. The number of nitrogens with zero attached hydrogens (tertiary/aromatic N) is 5. The second kappa shape index (κ2) is 13.8. The third-order valence-corrected chi connectivity index (χ3v) is 9.76. The molecule has 0 atom stereocenters. The molecule has 0 N–H and O–H groups in total. The summed E-state index contributed by atoms with van der Waals surface area (Å²) in [6, 6.07) is 63.6. The molecule has 10 aromatic rings. The van der Waals surface area contributed by atoms with E-state index < -0.39 is 0 Å². The Kier molecular flexibility index (Phi) is 8.04. The van der Waals surface area contributed by atoms with Crippen LogP contribution in [-0.4, -0.2) is 24.9 Å². The molecule has 0 saturated heterocycles. The molecule has 0 aliphatic heterocycles. The van der Waals surface area contributed by atoms with Gasteiger partial charge in [-0.25, -0.2) is 24.9 Å². The van der Waals surface area contributed by atoms with Gasteiger partial charge in [0, 0.05) is 33.2 Å². The van der Waals surface area contributed by atoms with E-state index in [0.717, 1.165) is 72.3 Å². The molecule has 0 unspecified atom stereocenters. The Morgan fingerprint density at radius 2 is 0.709 bits per heavy atom. The van der Waals surface area contributed by atoms with Crippen molar-refractivity contribution in [2.45, 2.75) is 0 Å². The van der Waals surface area contributed by atoms with E-state index in [9.17, 15) is 0 Å². The first-order chi connectivity index (χ1) is 27.2. The quantitative estimate of drug-likeness (QED) is 0.164. The van der Waals surface area contributed by atoms with E-state index in [4.69, 9.17) is 29.3 Å². The summed E-state index contributed by atoms with van der Waals surface area (Å²) in [5, 5.41) is 0.914. The lowest BCUT2D eigenvalue weighted by Crippen LogP contribution is -2.00. The molecule has 3 heterocycles. The van der Waals surface area contributed by atoms with Crippen LogP contribution in [0.3, 0.4) is 0 Å². The van der Waals surface area contributed by atoms with Gasteiger partial charge in [-0.05, 0) is 40.5 Å². The minimum atomic E-state index is 0.604. The average Bonchev–Trinajstić information content (AvgIpc) is 3.65. The van der Waals surface area contributed by atoms with Crippen molar-refractivity contribution in [3.8, 4) is 79.1 Å². The molecule has 0 aliphatic carbocycles. The lowest BCUT2D eigenvalue weighted by molar-refractivity contribution is 0.667. The SMILES string of the molecule is c1ccc(-c2ccc(-c3nc(-c4ccccc4)nc4c3oc3ccc(-c5cccc(-c6nc(-c7ccccc7)nc(-c7ccccc7)n6)c5)cc34)cc2)cc1. The van der Waals surface area contributed by atoms with Crippen molar-refractivity contribution >= 4 is 22.1 Å². The lowest BCUT2D eigenvalue weighted by Gasteiger charge is -2.10. The summed E-state index contributed by atoms with van der Waals surface area (Å²) in [4.78, 5) is 25.0. The summed E-state index contributed by atoms with van der Waals surface area (Å²) >= 11 is 0. The topological polar surface area (TPSA) is 77.6 Å². The van der Waals surface area contributed by atoms with Crippen LogP contribution in [0.15, 0.2) is 192 Å². The van der Waals surface area contributed by atoms with E-state index in [1.165, 1.54) is 0 Å². The fourth-order valence-electron chi connectivity index (χ4n) is 6.96. The number of hydrogen-bond donors (Lipinski definition) is 0. The maximum atomic E-state index is 6.59. The van der Waals surface area contributed by atoms with Gasteiger partial charge in [-0.2, -0.15) is 0 Å². The van der Waals surface area contributed by atoms with Crippen LogP contribution < -0.4 is 0 Å². The zero-order valence-corrected chi connectivity index (χ0v) is 29.5. The fraction of sp³-hybridized carbons (Fsp3) is 0. The highest BCUT2D eigenvalue weighted by molar-refractivity contribution is 6.08. The monoisotopic (exact) mass is 705 g/mol. The van der Waals surface area contributed by atoms with Gasteiger partial charge in [-0.15, -0.1) is 0 Å². The van der Waals surface area contributed by atoms with Crippen LogP contribution in [0.1, 0.15) is 0 Å². The van der Waals surface area contributed by atoms with Gasteiger partial charge in [0.25, 0.3) is 0 Å². The molecule has 6 nitrogen and oxygen atoms in total. The normalized spacial score (nSPS) is 11.3. The second-order valence-corrected chi connectivity index (χ2v) is 13.3. The van der Waals surface area contributed by atoms with Crippen LogP contribution in [0.5, 0.6) is 0 Å². The highest BCUT2D eigenvalue weighted by atomic mass is 16.3. The van der Waals surface area contributed by atoms with Gasteiger partial charge in [-0.3, -0.25) is 0 Å². The molecule has 0 fully saturated rings. The Bertz CT molecular complexity index is 2890. The van der Waals surface area contributed by atoms with Gasteiger partial charge in [0.15, 0.2) is 28.9 Å². The van der Waals surface area contributed by atoms with Crippen molar-refractivity contribution in [2.24, 2.45) is 0 Å². The van der Waals surface area contributed by atoms with Crippen molar-refractivity contribution in [1.82, 2.24) is 24.9 Å². The molecule has 7 aromatic carbocycles. The summed E-state index contributed by atoms with van der Waals surface area (Å²) in [7, 11) is 0. The molecule has 0 bridgehead atoms. The smallest absolute Gasteiger partial charge is 0.180 e. The third kappa shape index (κ3) is 6.22. The maximum Gasteiger partial charge on any atom is 0.180 e. The van der Waals surface area contributed by atoms with E-state index in [2.05, 4.69) is 72.8 Å². The molecular formula is C49H31N5O. The molecule has 0 spiro atoms. The molecule has 0 radical (unpaired) electrons. The average molecular weight is 706 g/mol. The maximum absolute atomic E-state index is 6.59. The van der Waals surface area contributed by atoms with E-state index in [0.29, 0.717) is 28.9 Å². The minimum Gasteiger partial charge on any atom is -0.452 e. The van der Waals surface area contributed by atoms with Crippen molar-refractivity contribution in [2.75, 3.05) is 0 Å². The highest BCUT2D eigenvalue weighted by Gasteiger charge is 2.20. The van der Waals surface area contributed by atoms with Crippen molar-refractivity contribution < 1.29 is 4.42 Å². The summed E-state index contributed by atoms with van der Waals surface area (Å²) < 4.78 is 6.59. The number of aromatic nitrogens is 5. The van der Waals surface area contributed by atoms with Crippen LogP contribution in [-0.2, 0) is 0 Å². The Balaban J connectivity index is 1.09. The summed E-state index contributed by atoms with van der Waals surface area (Å²) in [5.41, 5.74) is 11.9. The van der Waals surface area contributed by atoms with Crippen molar-refractivity contribution in [1.29, 1.82) is 0 Å². The summed E-state index contributed by atoms with van der Waals surface area (Å²) in [6.07, 6.45) is 0. The predicted octanol–water partition coefficient (Wildman–Crippen LogP) is 12.2. The van der Waals surface area contributed by atoms with Gasteiger partial charge < -0.3 is 4.42 Å². The Hall–Kier alpha value is -7.57. The molecule has 6 heteroatoms. The second-order valence-electron chi connectivity index (χ2n) is 13.3. The van der Waals surface area contributed by atoms with Crippen LogP contribution in [0, 0.1) is 0 Å². The summed E-state index contributed by atoms with van der Waals surface area (Å²) in [6.45, 7) is 0. The number of fused-ring (bicyclic) bond motifs is 3. The van der Waals surface area contributed by atoms with Gasteiger partial charge >= 0.3 is 0 Å². The van der Waals surface area contributed by atoms with E-state index >= 15 is 0 Å². The third-order valence-electron chi connectivity index (χ3n) is 9.76. The molecule has 0 saturated carbocycles. The molecular weight excluding hydrogens is 675 g/mol. The fourth-order valence-corrected chi connectivity index (χ4v) is 6.96. The molecule has 0 aliphatic rings. The van der Waals surface area contributed by atoms with Gasteiger partial charge in [-0.1, -0.05) is 170 Å². The van der Waals surface area contributed by atoms with Crippen molar-refractivity contribution in [3.05, 3.63) is 188 Å². The predicted molar refractivity (Wildman–Crippen MR) is 221 cm³/mol. The number of furan rings is 1. The van der Waals surface area contributed by atoms with E-state index in [1.807, 2.05) is 115 Å². The van der Waals surface area contributed by atoms with E-state index in [-0.39, 0.29) is 0 Å². The molecule has 0 amide bonds. The number of hydrogen-bond acceptors (Lipinski definition) is 6. The van der Waals surface area contributed by atoms with Gasteiger partial charge in [0.1, 0.15) is 16.8 Å². The zero-order valence-electron chi connectivity index (χ0n) is 29.5. The van der Waals surface area contributed by atoms with Crippen molar-refractivity contribution in [3.63, 3.8) is 0 Å². The van der Waals surface area contributed by atoms with Crippen LogP contribution in [0.25, 0.3) is 101 Å². The first-order valence-electron chi connectivity index (χ1n) is 18.2. The molecule has 258 valence electrons. The summed E-state index contributed by atoms with van der Waals surface area (Å²) in [5.74, 6) is 2.50. The molecule has 10 rings (SSSR count). The van der Waals surface area contributed by atoms with Gasteiger partial charge in [0.05, 0.1) is 0 Å². The van der Waals surface area contributed by atoms with E-state index in [1.54, 1.807) is 0 Å².